The zero-order chi connectivity index (χ0) is 23.4. The summed E-state index contributed by atoms with van der Waals surface area (Å²) >= 11 is 0. The Kier molecular flexibility index (Phi) is 6.77. The predicted octanol–water partition coefficient (Wildman–Crippen LogP) is 3.95. The molecular formula is C26H29FN2O4. The second-order valence-corrected chi connectivity index (χ2v) is 9.02. The first-order valence-electron chi connectivity index (χ1n) is 11.4. The molecule has 2 aliphatic heterocycles. The topological polar surface area (TPSA) is 66.9 Å². The summed E-state index contributed by atoms with van der Waals surface area (Å²) in [5.41, 5.74) is 1.24. The quantitative estimate of drug-likeness (QED) is 0.623. The first-order chi connectivity index (χ1) is 15.9. The second-order valence-electron chi connectivity index (χ2n) is 9.02. The molecule has 7 heteroatoms. The van der Waals surface area contributed by atoms with Crippen molar-refractivity contribution in [2.45, 2.75) is 32.6 Å². The highest BCUT2D eigenvalue weighted by atomic mass is 19.1. The standard InChI is InChI=1S/C26H29FN2O4/c1-19(30)20-6-8-21(9-7-20)25(32)28-14-11-26(12-15-28)13-16-29(18-26)24(31)10-17-33-23-5-3-2-4-22(23)27/h2-9H,10-18H2,1H3. The molecule has 2 aliphatic rings. The molecule has 0 N–H and O–H groups in total. The van der Waals surface area contributed by atoms with Crippen molar-refractivity contribution in [3.63, 3.8) is 0 Å². The third-order valence-electron chi connectivity index (χ3n) is 6.85. The van der Waals surface area contributed by atoms with E-state index in [1.165, 1.54) is 13.0 Å². The Morgan fingerprint density at radius 2 is 1.52 bits per heavy atom. The molecule has 174 valence electrons. The van der Waals surface area contributed by atoms with Gasteiger partial charge in [-0.2, -0.15) is 0 Å². The van der Waals surface area contributed by atoms with Crippen LogP contribution in [0.25, 0.3) is 0 Å². The van der Waals surface area contributed by atoms with Crippen LogP contribution in [0.15, 0.2) is 48.5 Å². The fraction of sp³-hybridized carbons (Fsp3) is 0.423. The lowest BCUT2D eigenvalue weighted by molar-refractivity contribution is -0.131. The van der Waals surface area contributed by atoms with Crippen LogP contribution < -0.4 is 4.74 Å². The molecule has 2 saturated heterocycles. The summed E-state index contributed by atoms with van der Waals surface area (Å²) in [4.78, 5) is 40.7. The lowest BCUT2D eigenvalue weighted by Crippen LogP contribution is -2.44. The van der Waals surface area contributed by atoms with E-state index >= 15 is 0 Å². The minimum Gasteiger partial charge on any atom is -0.490 e. The van der Waals surface area contributed by atoms with Crippen molar-refractivity contribution in [1.29, 1.82) is 0 Å². The second kappa shape index (κ2) is 9.73. The molecule has 2 heterocycles. The summed E-state index contributed by atoms with van der Waals surface area (Å²) < 4.78 is 19.1. The first-order valence-corrected chi connectivity index (χ1v) is 11.4. The molecule has 33 heavy (non-hydrogen) atoms. The van der Waals surface area contributed by atoms with Crippen LogP contribution in [0.2, 0.25) is 0 Å². The summed E-state index contributed by atoms with van der Waals surface area (Å²) in [5.74, 6) is -0.283. The Hall–Kier alpha value is -3.22. The van der Waals surface area contributed by atoms with Crippen LogP contribution in [-0.4, -0.2) is 60.2 Å². The van der Waals surface area contributed by atoms with Gasteiger partial charge in [-0.15, -0.1) is 0 Å². The SMILES string of the molecule is CC(=O)c1ccc(C(=O)N2CCC3(CCN(C(=O)CCOc4ccccc4F)C3)CC2)cc1. The lowest BCUT2D eigenvalue weighted by atomic mass is 9.77. The summed E-state index contributed by atoms with van der Waals surface area (Å²) in [6.07, 6.45) is 2.87. The van der Waals surface area contributed by atoms with Gasteiger partial charge in [-0.25, -0.2) is 4.39 Å². The van der Waals surface area contributed by atoms with E-state index in [0.29, 0.717) is 37.3 Å². The van der Waals surface area contributed by atoms with Crippen molar-refractivity contribution in [1.82, 2.24) is 9.80 Å². The fourth-order valence-corrected chi connectivity index (χ4v) is 4.74. The Morgan fingerprint density at radius 1 is 0.909 bits per heavy atom. The van der Waals surface area contributed by atoms with Gasteiger partial charge < -0.3 is 14.5 Å². The van der Waals surface area contributed by atoms with Gasteiger partial charge in [0.15, 0.2) is 17.3 Å². The third kappa shape index (κ3) is 5.24. The number of hydrogen-bond donors (Lipinski definition) is 0. The summed E-state index contributed by atoms with van der Waals surface area (Å²) in [6.45, 7) is 4.37. The molecular weight excluding hydrogens is 423 g/mol. The molecule has 0 aliphatic carbocycles. The highest BCUT2D eigenvalue weighted by molar-refractivity contribution is 5.97. The van der Waals surface area contributed by atoms with Gasteiger partial charge in [-0.05, 0) is 55.9 Å². The number of para-hydroxylation sites is 1. The maximum Gasteiger partial charge on any atom is 0.253 e. The summed E-state index contributed by atoms with van der Waals surface area (Å²) in [5, 5.41) is 0. The van der Waals surface area contributed by atoms with Crippen molar-refractivity contribution in [3.05, 3.63) is 65.5 Å². The number of carbonyl (C=O) groups is 3. The highest BCUT2D eigenvalue weighted by Crippen LogP contribution is 2.40. The average molecular weight is 453 g/mol. The molecule has 0 aromatic heterocycles. The number of ketones is 1. The van der Waals surface area contributed by atoms with Gasteiger partial charge in [-0.3, -0.25) is 14.4 Å². The Morgan fingerprint density at radius 3 is 2.15 bits per heavy atom. The van der Waals surface area contributed by atoms with Crippen molar-refractivity contribution in [2.75, 3.05) is 32.8 Å². The van der Waals surface area contributed by atoms with E-state index in [1.54, 1.807) is 42.5 Å². The van der Waals surface area contributed by atoms with Crippen molar-refractivity contribution in [3.8, 4) is 5.75 Å². The summed E-state index contributed by atoms with van der Waals surface area (Å²) in [6, 6.07) is 13.0. The zero-order valence-corrected chi connectivity index (χ0v) is 18.9. The molecule has 2 fully saturated rings. The van der Waals surface area contributed by atoms with Gasteiger partial charge in [0.25, 0.3) is 5.91 Å². The van der Waals surface area contributed by atoms with Crippen LogP contribution in [-0.2, 0) is 4.79 Å². The third-order valence-corrected chi connectivity index (χ3v) is 6.85. The minimum absolute atomic E-state index is 0.0174. The van der Waals surface area contributed by atoms with E-state index < -0.39 is 5.82 Å². The molecule has 4 rings (SSSR count). The smallest absolute Gasteiger partial charge is 0.253 e. The van der Waals surface area contributed by atoms with Gasteiger partial charge in [0, 0.05) is 37.3 Å². The Balaban J connectivity index is 1.25. The molecule has 1 spiro atoms. The number of piperidine rings is 1. The largest absolute Gasteiger partial charge is 0.490 e. The number of benzene rings is 2. The van der Waals surface area contributed by atoms with Crippen molar-refractivity contribution in [2.24, 2.45) is 5.41 Å². The molecule has 0 atom stereocenters. The number of rotatable bonds is 6. The minimum atomic E-state index is -0.429. The predicted molar refractivity (Wildman–Crippen MR) is 122 cm³/mol. The van der Waals surface area contributed by atoms with Crippen LogP contribution in [0, 0.1) is 11.2 Å². The first kappa shape index (κ1) is 23.0. The number of hydrogen-bond acceptors (Lipinski definition) is 4. The Bertz CT molecular complexity index is 1030. The van der Waals surface area contributed by atoms with E-state index in [4.69, 9.17) is 4.74 Å². The van der Waals surface area contributed by atoms with Crippen LogP contribution in [0.3, 0.4) is 0 Å². The Labute approximate surface area is 193 Å². The maximum atomic E-state index is 13.6. The van der Waals surface area contributed by atoms with Crippen LogP contribution in [0.1, 0.15) is 53.3 Å². The molecule has 0 unspecified atom stereocenters. The van der Waals surface area contributed by atoms with Gasteiger partial charge >= 0.3 is 0 Å². The molecule has 0 saturated carbocycles. The monoisotopic (exact) mass is 452 g/mol. The molecule has 2 aromatic carbocycles. The number of amides is 2. The van der Waals surface area contributed by atoms with Gasteiger partial charge in [-0.1, -0.05) is 24.3 Å². The van der Waals surface area contributed by atoms with Crippen molar-refractivity contribution >= 4 is 17.6 Å². The summed E-state index contributed by atoms with van der Waals surface area (Å²) in [7, 11) is 0. The van der Waals surface area contributed by atoms with Gasteiger partial charge in [0.2, 0.25) is 5.91 Å². The number of ether oxygens (including phenoxy) is 1. The van der Waals surface area contributed by atoms with E-state index in [2.05, 4.69) is 0 Å². The lowest BCUT2D eigenvalue weighted by Gasteiger charge is -2.39. The molecule has 0 bridgehead atoms. The molecule has 0 radical (unpaired) electrons. The average Bonchev–Trinajstić information content (AvgIpc) is 3.24. The zero-order valence-electron chi connectivity index (χ0n) is 18.9. The van der Waals surface area contributed by atoms with Crippen LogP contribution >= 0.6 is 0 Å². The number of carbonyl (C=O) groups excluding carboxylic acids is 3. The number of nitrogens with zero attached hydrogens (tertiary/aromatic N) is 2. The van der Waals surface area contributed by atoms with Gasteiger partial charge in [0.1, 0.15) is 0 Å². The van der Waals surface area contributed by atoms with E-state index in [9.17, 15) is 18.8 Å². The molecule has 2 aromatic rings. The highest BCUT2D eigenvalue weighted by Gasteiger charge is 2.42. The van der Waals surface area contributed by atoms with Crippen LogP contribution in [0.4, 0.5) is 4.39 Å². The van der Waals surface area contributed by atoms with Gasteiger partial charge in [0.05, 0.1) is 13.0 Å². The maximum absolute atomic E-state index is 13.6. The fourth-order valence-electron chi connectivity index (χ4n) is 4.74. The van der Waals surface area contributed by atoms with E-state index in [0.717, 1.165) is 19.3 Å². The van der Waals surface area contributed by atoms with Crippen LogP contribution in [0.5, 0.6) is 5.75 Å². The number of likely N-dealkylation sites (tertiary alicyclic amines) is 2. The number of Topliss-reactive ketones (excluding diaryl/α,β-unsaturated/α-hetero) is 1. The van der Waals surface area contributed by atoms with E-state index in [1.807, 2.05) is 9.80 Å². The normalized spacial score (nSPS) is 17.3. The molecule has 2 amide bonds. The van der Waals surface area contributed by atoms with E-state index in [-0.39, 0.29) is 41.8 Å². The number of halogens is 1. The molecule has 6 nitrogen and oxygen atoms in total. The van der Waals surface area contributed by atoms with Crippen molar-refractivity contribution < 1.29 is 23.5 Å².